The number of carbonyl (C=O) groups is 3. The third-order valence-electron chi connectivity index (χ3n) is 2.73. The minimum atomic E-state index is -0.229. The standard InChI is InChI=1S/C11H13N3O3S/c1-6(15)8-5-18-11(13-8)14-10(17)7-2-3-9(16)12-4-7/h5,7H,2-4H2,1H3,(H,12,16)(H,13,14,17). The second kappa shape index (κ2) is 5.26. The van der Waals surface area contributed by atoms with E-state index < -0.39 is 0 Å². The Morgan fingerprint density at radius 2 is 2.33 bits per heavy atom. The number of nitrogens with one attached hydrogen (secondary N) is 2. The molecule has 0 radical (unpaired) electrons. The van der Waals surface area contributed by atoms with Crippen LogP contribution in [0.5, 0.6) is 0 Å². The van der Waals surface area contributed by atoms with E-state index >= 15 is 0 Å². The van der Waals surface area contributed by atoms with Gasteiger partial charge in [0.2, 0.25) is 11.8 Å². The first kappa shape index (κ1) is 12.7. The molecular weight excluding hydrogens is 254 g/mol. The summed E-state index contributed by atoms with van der Waals surface area (Å²) >= 11 is 1.22. The number of nitrogens with zero attached hydrogens (tertiary/aromatic N) is 1. The minimum Gasteiger partial charge on any atom is -0.355 e. The molecule has 1 unspecified atom stereocenters. The van der Waals surface area contributed by atoms with Gasteiger partial charge in [0, 0.05) is 25.3 Å². The Hall–Kier alpha value is -1.76. The van der Waals surface area contributed by atoms with Crippen LogP contribution < -0.4 is 10.6 Å². The normalized spacial score (nSPS) is 19.2. The molecule has 1 fully saturated rings. The van der Waals surface area contributed by atoms with Gasteiger partial charge in [-0.2, -0.15) is 0 Å². The highest BCUT2D eigenvalue weighted by atomic mass is 32.1. The zero-order valence-electron chi connectivity index (χ0n) is 9.86. The quantitative estimate of drug-likeness (QED) is 0.793. The number of amides is 2. The Balaban J connectivity index is 1.94. The van der Waals surface area contributed by atoms with Gasteiger partial charge in [-0.15, -0.1) is 11.3 Å². The summed E-state index contributed by atoms with van der Waals surface area (Å²) in [5, 5.41) is 7.35. The average molecular weight is 267 g/mol. The molecule has 0 aliphatic carbocycles. The molecule has 1 saturated heterocycles. The van der Waals surface area contributed by atoms with Crippen LogP contribution in [0.25, 0.3) is 0 Å². The van der Waals surface area contributed by atoms with Gasteiger partial charge in [0.05, 0.1) is 5.92 Å². The number of hydrogen-bond donors (Lipinski definition) is 2. The molecule has 7 heteroatoms. The summed E-state index contributed by atoms with van der Waals surface area (Å²) in [5.41, 5.74) is 0.354. The number of aromatic nitrogens is 1. The van der Waals surface area contributed by atoms with E-state index in [2.05, 4.69) is 15.6 Å². The number of piperidine rings is 1. The van der Waals surface area contributed by atoms with Crippen molar-refractivity contribution in [3.05, 3.63) is 11.1 Å². The third kappa shape index (κ3) is 2.92. The lowest BCUT2D eigenvalue weighted by Gasteiger charge is -2.20. The van der Waals surface area contributed by atoms with Crippen molar-refractivity contribution < 1.29 is 14.4 Å². The van der Waals surface area contributed by atoms with Crippen LogP contribution in [0, 0.1) is 5.92 Å². The van der Waals surface area contributed by atoms with Gasteiger partial charge < -0.3 is 10.6 Å². The van der Waals surface area contributed by atoms with Crippen LogP contribution in [-0.4, -0.2) is 29.1 Å². The van der Waals surface area contributed by atoms with Gasteiger partial charge in [-0.05, 0) is 6.42 Å². The highest BCUT2D eigenvalue weighted by molar-refractivity contribution is 7.14. The largest absolute Gasteiger partial charge is 0.355 e. The Morgan fingerprint density at radius 3 is 2.89 bits per heavy atom. The third-order valence-corrected chi connectivity index (χ3v) is 3.49. The first-order chi connectivity index (χ1) is 8.56. The van der Waals surface area contributed by atoms with E-state index in [1.165, 1.54) is 18.3 Å². The molecule has 2 N–H and O–H groups in total. The number of thiazole rings is 1. The van der Waals surface area contributed by atoms with Crippen LogP contribution in [0.1, 0.15) is 30.3 Å². The van der Waals surface area contributed by atoms with Crippen LogP contribution >= 0.6 is 11.3 Å². The summed E-state index contributed by atoms with van der Waals surface area (Å²) in [6.07, 6.45) is 0.914. The number of hydrogen-bond acceptors (Lipinski definition) is 5. The van der Waals surface area contributed by atoms with E-state index in [1.807, 2.05) is 0 Å². The van der Waals surface area contributed by atoms with Crippen molar-refractivity contribution in [2.75, 3.05) is 11.9 Å². The maximum absolute atomic E-state index is 11.9. The van der Waals surface area contributed by atoms with Crippen molar-refractivity contribution in [1.29, 1.82) is 0 Å². The van der Waals surface area contributed by atoms with E-state index in [-0.39, 0.29) is 23.5 Å². The van der Waals surface area contributed by atoms with Crippen molar-refractivity contribution in [2.45, 2.75) is 19.8 Å². The maximum Gasteiger partial charge on any atom is 0.231 e. The summed E-state index contributed by atoms with van der Waals surface area (Å²) in [4.78, 5) is 37.9. The molecule has 1 aliphatic rings. The molecule has 2 rings (SSSR count). The second-order valence-corrected chi connectivity index (χ2v) is 4.98. The van der Waals surface area contributed by atoms with Crippen molar-refractivity contribution in [3.8, 4) is 0 Å². The fourth-order valence-electron chi connectivity index (χ4n) is 1.66. The molecule has 1 aliphatic heterocycles. The van der Waals surface area contributed by atoms with Gasteiger partial charge >= 0.3 is 0 Å². The Labute approximate surface area is 108 Å². The molecular formula is C11H13N3O3S. The lowest BCUT2D eigenvalue weighted by atomic mass is 9.98. The summed E-state index contributed by atoms with van der Waals surface area (Å²) in [7, 11) is 0. The number of rotatable bonds is 3. The predicted molar refractivity (Wildman–Crippen MR) is 66.5 cm³/mol. The average Bonchev–Trinajstić information content (AvgIpc) is 2.78. The first-order valence-electron chi connectivity index (χ1n) is 5.60. The molecule has 0 aromatic carbocycles. The number of Topliss-reactive ketones (excluding diaryl/α,β-unsaturated/α-hetero) is 1. The van der Waals surface area contributed by atoms with Gasteiger partial charge in [-0.1, -0.05) is 0 Å². The van der Waals surface area contributed by atoms with E-state index in [4.69, 9.17) is 0 Å². The molecule has 1 aromatic heterocycles. The Morgan fingerprint density at radius 1 is 1.56 bits per heavy atom. The summed E-state index contributed by atoms with van der Waals surface area (Å²) in [6.45, 7) is 1.78. The lowest BCUT2D eigenvalue weighted by Crippen LogP contribution is -2.40. The van der Waals surface area contributed by atoms with Crippen LogP contribution in [0.4, 0.5) is 5.13 Å². The van der Waals surface area contributed by atoms with Crippen LogP contribution in [0.2, 0.25) is 0 Å². The summed E-state index contributed by atoms with van der Waals surface area (Å²) < 4.78 is 0. The monoisotopic (exact) mass is 267 g/mol. The molecule has 2 amide bonds. The van der Waals surface area contributed by atoms with E-state index in [0.717, 1.165) is 0 Å². The fourth-order valence-corrected chi connectivity index (χ4v) is 2.41. The summed E-state index contributed by atoms with van der Waals surface area (Å²) in [6, 6.07) is 0. The lowest BCUT2D eigenvalue weighted by molar-refractivity contribution is -0.126. The van der Waals surface area contributed by atoms with Gasteiger partial charge in [-0.3, -0.25) is 14.4 Å². The molecule has 0 bridgehead atoms. The van der Waals surface area contributed by atoms with Gasteiger partial charge in [0.25, 0.3) is 0 Å². The molecule has 6 nitrogen and oxygen atoms in total. The number of anilines is 1. The smallest absolute Gasteiger partial charge is 0.231 e. The Kier molecular flexibility index (Phi) is 3.71. The van der Waals surface area contributed by atoms with Crippen LogP contribution in [0.15, 0.2) is 5.38 Å². The Bertz CT molecular complexity index is 487. The molecule has 0 spiro atoms. The first-order valence-corrected chi connectivity index (χ1v) is 6.48. The van der Waals surface area contributed by atoms with Crippen molar-refractivity contribution in [2.24, 2.45) is 5.92 Å². The molecule has 18 heavy (non-hydrogen) atoms. The summed E-state index contributed by atoms with van der Waals surface area (Å²) in [5.74, 6) is -0.546. The maximum atomic E-state index is 11.9. The molecule has 1 atom stereocenters. The zero-order chi connectivity index (χ0) is 13.1. The van der Waals surface area contributed by atoms with Crippen molar-refractivity contribution in [3.63, 3.8) is 0 Å². The van der Waals surface area contributed by atoms with Gasteiger partial charge in [0.1, 0.15) is 5.69 Å². The van der Waals surface area contributed by atoms with E-state index in [1.54, 1.807) is 5.38 Å². The highest BCUT2D eigenvalue weighted by Gasteiger charge is 2.25. The second-order valence-electron chi connectivity index (χ2n) is 4.12. The molecule has 2 heterocycles. The SMILES string of the molecule is CC(=O)c1csc(NC(=O)C2CCC(=O)NC2)n1. The molecule has 1 aromatic rings. The number of carbonyl (C=O) groups excluding carboxylic acids is 3. The predicted octanol–water partition coefficient (Wildman–Crippen LogP) is 0.810. The van der Waals surface area contributed by atoms with Crippen molar-refractivity contribution >= 4 is 34.1 Å². The minimum absolute atomic E-state index is 0.0211. The zero-order valence-corrected chi connectivity index (χ0v) is 10.7. The van der Waals surface area contributed by atoms with E-state index in [9.17, 15) is 14.4 Å². The topological polar surface area (TPSA) is 88.2 Å². The van der Waals surface area contributed by atoms with Crippen LogP contribution in [0.3, 0.4) is 0 Å². The number of ketones is 1. The van der Waals surface area contributed by atoms with Gasteiger partial charge in [-0.25, -0.2) is 4.98 Å². The fraction of sp³-hybridized carbons (Fsp3) is 0.455. The molecule has 96 valence electrons. The molecule has 0 saturated carbocycles. The van der Waals surface area contributed by atoms with Crippen LogP contribution in [-0.2, 0) is 9.59 Å². The highest BCUT2D eigenvalue weighted by Crippen LogP contribution is 2.18. The van der Waals surface area contributed by atoms with Gasteiger partial charge in [0.15, 0.2) is 10.9 Å². The van der Waals surface area contributed by atoms with E-state index in [0.29, 0.717) is 30.2 Å². The van der Waals surface area contributed by atoms with Crippen molar-refractivity contribution in [1.82, 2.24) is 10.3 Å².